The number of rotatable bonds is 5. The number of aliphatic hydroxyl groups is 1. The molecule has 4 heteroatoms. The Labute approximate surface area is 120 Å². The summed E-state index contributed by atoms with van der Waals surface area (Å²) >= 11 is 0. The van der Waals surface area contributed by atoms with Crippen LogP contribution in [0.4, 0.5) is 5.69 Å². The summed E-state index contributed by atoms with van der Waals surface area (Å²) in [4.78, 5) is 13.1. The van der Waals surface area contributed by atoms with Gasteiger partial charge in [-0.3, -0.25) is 9.69 Å². The largest absolute Gasteiger partial charge is 0.389 e. The van der Waals surface area contributed by atoms with Gasteiger partial charge in [0.15, 0.2) is 0 Å². The van der Waals surface area contributed by atoms with Crippen LogP contribution in [0.3, 0.4) is 0 Å². The highest BCUT2D eigenvalue weighted by Crippen LogP contribution is 2.30. The standard InChI is InChI=1S/C16H24N2O2/c1-13(19)17-15-7-5-14(6-8-15)11-18(2)12-16(20)9-3-4-10-16/h5-8,20H,3-4,9-12H2,1-2H3,(H,17,19). The van der Waals surface area contributed by atoms with Crippen molar-refractivity contribution < 1.29 is 9.90 Å². The third-order valence-electron chi connectivity index (χ3n) is 3.83. The van der Waals surface area contributed by atoms with E-state index in [1.54, 1.807) is 0 Å². The van der Waals surface area contributed by atoms with Crippen LogP contribution in [0.15, 0.2) is 24.3 Å². The van der Waals surface area contributed by atoms with Gasteiger partial charge >= 0.3 is 0 Å². The molecular weight excluding hydrogens is 252 g/mol. The Morgan fingerprint density at radius 2 is 1.90 bits per heavy atom. The number of carbonyl (C=O) groups excluding carboxylic acids is 1. The van der Waals surface area contributed by atoms with Gasteiger partial charge in [0.05, 0.1) is 5.60 Å². The van der Waals surface area contributed by atoms with Crippen LogP contribution in [0.1, 0.15) is 38.2 Å². The molecule has 2 rings (SSSR count). The molecule has 0 unspecified atom stereocenters. The molecule has 1 fully saturated rings. The van der Waals surface area contributed by atoms with Crippen molar-refractivity contribution in [2.24, 2.45) is 0 Å². The van der Waals surface area contributed by atoms with E-state index in [0.717, 1.165) is 44.5 Å². The van der Waals surface area contributed by atoms with Crippen LogP contribution >= 0.6 is 0 Å². The van der Waals surface area contributed by atoms with E-state index in [1.165, 1.54) is 12.5 Å². The van der Waals surface area contributed by atoms with Gasteiger partial charge in [-0.2, -0.15) is 0 Å². The molecule has 1 saturated carbocycles. The molecule has 0 radical (unpaired) electrons. The number of anilines is 1. The van der Waals surface area contributed by atoms with E-state index in [-0.39, 0.29) is 5.91 Å². The lowest BCUT2D eigenvalue weighted by atomic mass is 10.0. The molecule has 0 heterocycles. The molecule has 4 nitrogen and oxygen atoms in total. The van der Waals surface area contributed by atoms with E-state index in [2.05, 4.69) is 10.2 Å². The maximum Gasteiger partial charge on any atom is 0.221 e. The van der Waals surface area contributed by atoms with Gasteiger partial charge in [0.1, 0.15) is 0 Å². The maximum absolute atomic E-state index is 11.0. The molecule has 1 aliphatic rings. The van der Waals surface area contributed by atoms with E-state index in [0.29, 0.717) is 0 Å². The average Bonchev–Trinajstić information content (AvgIpc) is 2.77. The number of amides is 1. The predicted molar refractivity (Wildman–Crippen MR) is 80.5 cm³/mol. The molecule has 0 bridgehead atoms. The minimum absolute atomic E-state index is 0.0571. The van der Waals surface area contributed by atoms with Gasteiger partial charge in [0.2, 0.25) is 5.91 Å². The van der Waals surface area contributed by atoms with E-state index in [9.17, 15) is 9.90 Å². The van der Waals surface area contributed by atoms with Crippen LogP contribution in [0.2, 0.25) is 0 Å². The summed E-state index contributed by atoms with van der Waals surface area (Å²) in [6, 6.07) is 7.85. The highest BCUT2D eigenvalue weighted by Gasteiger charge is 2.31. The first-order chi connectivity index (χ1) is 9.47. The minimum Gasteiger partial charge on any atom is -0.389 e. The van der Waals surface area contributed by atoms with Crippen molar-refractivity contribution in [3.8, 4) is 0 Å². The Morgan fingerprint density at radius 1 is 1.30 bits per heavy atom. The second kappa shape index (κ2) is 6.37. The third kappa shape index (κ3) is 4.32. The fraction of sp³-hybridized carbons (Fsp3) is 0.562. The monoisotopic (exact) mass is 276 g/mol. The molecule has 1 aliphatic carbocycles. The Kier molecular flexibility index (Phi) is 4.78. The maximum atomic E-state index is 11.0. The molecule has 2 N–H and O–H groups in total. The summed E-state index contributed by atoms with van der Waals surface area (Å²) in [5.74, 6) is -0.0571. The summed E-state index contributed by atoms with van der Waals surface area (Å²) in [6.45, 7) is 3.03. The number of nitrogens with zero attached hydrogens (tertiary/aromatic N) is 1. The smallest absolute Gasteiger partial charge is 0.221 e. The lowest BCUT2D eigenvalue weighted by Crippen LogP contribution is -2.38. The lowest BCUT2D eigenvalue weighted by Gasteiger charge is -2.28. The second-order valence-electron chi connectivity index (χ2n) is 5.98. The number of hydrogen-bond donors (Lipinski definition) is 2. The summed E-state index contributed by atoms with van der Waals surface area (Å²) in [5.41, 5.74) is 1.51. The summed E-state index contributed by atoms with van der Waals surface area (Å²) in [5, 5.41) is 13.2. The minimum atomic E-state index is -0.495. The first-order valence-electron chi connectivity index (χ1n) is 7.24. The third-order valence-corrected chi connectivity index (χ3v) is 3.83. The molecule has 20 heavy (non-hydrogen) atoms. The van der Waals surface area contributed by atoms with Gasteiger partial charge in [-0.1, -0.05) is 25.0 Å². The first-order valence-corrected chi connectivity index (χ1v) is 7.24. The summed E-state index contributed by atoms with van der Waals surface area (Å²) in [7, 11) is 2.04. The molecule has 110 valence electrons. The number of carbonyl (C=O) groups is 1. The Bertz CT molecular complexity index is 450. The van der Waals surface area contributed by atoms with Crippen LogP contribution in [-0.2, 0) is 11.3 Å². The van der Waals surface area contributed by atoms with E-state index in [4.69, 9.17) is 0 Å². The van der Waals surface area contributed by atoms with Gasteiger partial charge in [-0.05, 0) is 37.6 Å². The summed E-state index contributed by atoms with van der Waals surface area (Å²) in [6.07, 6.45) is 4.10. The molecule has 0 aliphatic heterocycles. The Hall–Kier alpha value is -1.39. The predicted octanol–water partition coefficient (Wildman–Crippen LogP) is 2.38. The van der Waals surface area contributed by atoms with Crippen molar-refractivity contribution in [2.45, 2.75) is 44.8 Å². The Morgan fingerprint density at radius 3 is 2.45 bits per heavy atom. The molecule has 0 atom stereocenters. The average molecular weight is 276 g/mol. The van der Waals surface area contributed by atoms with Gasteiger partial charge in [0, 0.05) is 25.7 Å². The SMILES string of the molecule is CC(=O)Nc1ccc(CN(C)CC2(O)CCCC2)cc1. The van der Waals surface area contributed by atoms with E-state index < -0.39 is 5.60 Å². The van der Waals surface area contributed by atoms with Crippen molar-refractivity contribution in [3.63, 3.8) is 0 Å². The molecule has 1 aromatic rings. The number of benzene rings is 1. The van der Waals surface area contributed by atoms with Crippen LogP contribution < -0.4 is 5.32 Å². The zero-order valence-electron chi connectivity index (χ0n) is 12.4. The zero-order chi connectivity index (χ0) is 14.6. The Balaban J connectivity index is 1.87. The molecule has 1 aromatic carbocycles. The highest BCUT2D eigenvalue weighted by molar-refractivity contribution is 5.88. The number of hydrogen-bond acceptors (Lipinski definition) is 3. The van der Waals surface area contributed by atoms with Crippen molar-refractivity contribution in [1.29, 1.82) is 0 Å². The number of likely N-dealkylation sites (N-methyl/N-ethyl adjacent to an activating group) is 1. The van der Waals surface area contributed by atoms with Gasteiger partial charge in [-0.25, -0.2) is 0 Å². The van der Waals surface area contributed by atoms with Gasteiger partial charge in [-0.15, -0.1) is 0 Å². The molecule has 1 amide bonds. The van der Waals surface area contributed by atoms with E-state index >= 15 is 0 Å². The van der Waals surface area contributed by atoms with Crippen molar-refractivity contribution in [3.05, 3.63) is 29.8 Å². The fourth-order valence-corrected chi connectivity index (χ4v) is 2.96. The van der Waals surface area contributed by atoms with Crippen LogP contribution in [0.5, 0.6) is 0 Å². The van der Waals surface area contributed by atoms with Gasteiger partial charge < -0.3 is 10.4 Å². The quantitative estimate of drug-likeness (QED) is 0.868. The molecule has 0 saturated heterocycles. The molecular formula is C16H24N2O2. The second-order valence-corrected chi connectivity index (χ2v) is 5.98. The van der Waals surface area contributed by atoms with Crippen molar-refractivity contribution >= 4 is 11.6 Å². The fourth-order valence-electron chi connectivity index (χ4n) is 2.96. The van der Waals surface area contributed by atoms with Crippen molar-refractivity contribution in [2.75, 3.05) is 18.9 Å². The normalized spacial score (nSPS) is 17.4. The van der Waals surface area contributed by atoms with Crippen molar-refractivity contribution in [1.82, 2.24) is 4.90 Å². The van der Waals surface area contributed by atoms with E-state index in [1.807, 2.05) is 31.3 Å². The van der Waals surface area contributed by atoms with Gasteiger partial charge in [0.25, 0.3) is 0 Å². The lowest BCUT2D eigenvalue weighted by molar-refractivity contribution is -0.114. The first kappa shape index (κ1) is 15.0. The molecule has 0 spiro atoms. The van der Waals surface area contributed by atoms with Crippen LogP contribution in [-0.4, -0.2) is 35.1 Å². The topological polar surface area (TPSA) is 52.6 Å². The number of nitrogens with one attached hydrogen (secondary N) is 1. The summed E-state index contributed by atoms with van der Waals surface area (Å²) < 4.78 is 0. The highest BCUT2D eigenvalue weighted by atomic mass is 16.3. The molecule has 0 aromatic heterocycles. The zero-order valence-corrected chi connectivity index (χ0v) is 12.4. The van der Waals surface area contributed by atoms with Crippen LogP contribution in [0, 0.1) is 0 Å². The van der Waals surface area contributed by atoms with Crippen LogP contribution in [0.25, 0.3) is 0 Å².